The average Bonchev–Trinajstić information content (AvgIpc) is 2.69. The highest BCUT2D eigenvalue weighted by Crippen LogP contribution is 2.41. The molecule has 0 bridgehead atoms. The SMILES string of the molecule is C=CCc1c(OC)ccc(-c2cc(=O)oc3c(CC=C)c(OC)ccc23)c1O. The van der Waals surface area contributed by atoms with E-state index in [2.05, 4.69) is 13.2 Å². The van der Waals surface area contributed by atoms with Gasteiger partial charge in [-0.1, -0.05) is 12.2 Å². The van der Waals surface area contributed by atoms with Crippen molar-refractivity contribution in [1.82, 2.24) is 0 Å². The van der Waals surface area contributed by atoms with Crippen molar-refractivity contribution in [3.8, 4) is 28.4 Å². The van der Waals surface area contributed by atoms with Gasteiger partial charge in [0.05, 0.1) is 14.2 Å². The van der Waals surface area contributed by atoms with E-state index in [0.29, 0.717) is 52.0 Å². The predicted octanol–water partition coefficient (Wildman–Crippen LogP) is 4.64. The van der Waals surface area contributed by atoms with Crippen LogP contribution in [-0.4, -0.2) is 19.3 Å². The van der Waals surface area contributed by atoms with Crippen LogP contribution in [0, 0.1) is 0 Å². The molecule has 0 saturated heterocycles. The molecule has 144 valence electrons. The normalized spacial score (nSPS) is 10.6. The summed E-state index contributed by atoms with van der Waals surface area (Å²) in [4.78, 5) is 12.3. The van der Waals surface area contributed by atoms with Gasteiger partial charge in [0, 0.05) is 33.7 Å². The van der Waals surface area contributed by atoms with Crippen molar-refractivity contribution in [2.24, 2.45) is 0 Å². The third-order valence-corrected chi connectivity index (χ3v) is 4.64. The molecule has 0 radical (unpaired) electrons. The van der Waals surface area contributed by atoms with Gasteiger partial charge in [0.2, 0.25) is 0 Å². The predicted molar refractivity (Wildman–Crippen MR) is 110 cm³/mol. The zero-order chi connectivity index (χ0) is 20.3. The Labute approximate surface area is 163 Å². The topological polar surface area (TPSA) is 68.9 Å². The van der Waals surface area contributed by atoms with Crippen LogP contribution in [0.15, 0.2) is 64.9 Å². The van der Waals surface area contributed by atoms with Crippen LogP contribution in [0.4, 0.5) is 0 Å². The summed E-state index contributed by atoms with van der Waals surface area (Å²) < 4.78 is 16.3. The molecule has 2 aromatic carbocycles. The molecule has 0 fully saturated rings. The number of rotatable bonds is 7. The van der Waals surface area contributed by atoms with Crippen LogP contribution in [0.25, 0.3) is 22.1 Å². The Morgan fingerprint density at radius 1 is 0.964 bits per heavy atom. The maximum atomic E-state index is 12.3. The van der Waals surface area contributed by atoms with Crippen LogP contribution in [0.1, 0.15) is 11.1 Å². The molecule has 5 heteroatoms. The van der Waals surface area contributed by atoms with Crippen LogP contribution in [0.2, 0.25) is 0 Å². The molecule has 1 N–H and O–H groups in total. The first-order valence-electron chi connectivity index (χ1n) is 8.80. The molecule has 3 aromatic rings. The standard InChI is InChI=1S/C23H22O5/c1-5-7-16-19(26-3)11-9-14(22(16)25)18-13-21(24)28-23-15(18)10-12-20(27-4)17(23)8-6-2/h5-6,9-13,25H,1-2,7-8H2,3-4H3. The Hall–Kier alpha value is -3.47. The van der Waals surface area contributed by atoms with Crippen LogP contribution in [0.5, 0.6) is 17.2 Å². The number of ether oxygens (including phenoxy) is 2. The second kappa shape index (κ2) is 8.05. The van der Waals surface area contributed by atoms with Crippen LogP contribution in [-0.2, 0) is 12.8 Å². The molecule has 0 aliphatic rings. The van der Waals surface area contributed by atoms with Crippen LogP contribution < -0.4 is 15.1 Å². The molecule has 1 heterocycles. The van der Waals surface area contributed by atoms with Gasteiger partial charge in [-0.2, -0.15) is 0 Å². The maximum Gasteiger partial charge on any atom is 0.336 e. The van der Waals surface area contributed by atoms with E-state index in [1.54, 1.807) is 38.5 Å². The van der Waals surface area contributed by atoms with Gasteiger partial charge < -0.3 is 19.0 Å². The number of methoxy groups -OCH3 is 2. The van der Waals surface area contributed by atoms with E-state index in [9.17, 15) is 9.90 Å². The molecular weight excluding hydrogens is 356 g/mol. The summed E-state index contributed by atoms with van der Waals surface area (Å²) in [5, 5.41) is 11.6. The number of allylic oxidation sites excluding steroid dienone is 2. The van der Waals surface area contributed by atoms with E-state index >= 15 is 0 Å². The summed E-state index contributed by atoms with van der Waals surface area (Å²) in [6.45, 7) is 7.50. The number of phenolic OH excluding ortho intramolecular Hbond substituents is 1. The van der Waals surface area contributed by atoms with Gasteiger partial charge in [0.15, 0.2) is 0 Å². The fraction of sp³-hybridized carbons (Fsp3) is 0.174. The summed E-state index contributed by atoms with van der Waals surface area (Å²) in [6, 6.07) is 8.51. The Kier molecular flexibility index (Phi) is 5.54. The average molecular weight is 378 g/mol. The van der Waals surface area contributed by atoms with Crippen molar-refractivity contribution in [3.05, 3.63) is 77.2 Å². The van der Waals surface area contributed by atoms with Crippen molar-refractivity contribution in [2.75, 3.05) is 14.2 Å². The molecule has 0 aliphatic carbocycles. The maximum absolute atomic E-state index is 12.3. The number of aromatic hydroxyl groups is 1. The van der Waals surface area contributed by atoms with Gasteiger partial charge in [-0.3, -0.25) is 0 Å². The quantitative estimate of drug-likeness (QED) is 0.479. The van der Waals surface area contributed by atoms with Crippen molar-refractivity contribution < 1.29 is 19.0 Å². The van der Waals surface area contributed by atoms with E-state index in [1.165, 1.54) is 6.07 Å². The van der Waals surface area contributed by atoms with Gasteiger partial charge in [-0.15, -0.1) is 13.2 Å². The highest BCUT2D eigenvalue weighted by Gasteiger charge is 2.19. The van der Waals surface area contributed by atoms with E-state index in [-0.39, 0.29) is 5.75 Å². The molecule has 0 amide bonds. The second-order valence-electron chi connectivity index (χ2n) is 6.23. The van der Waals surface area contributed by atoms with Gasteiger partial charge in [-0.05, 0) is 37.1 Å². The highest BCUT2D eigenvalue weighted by molar-refractivity contribution is 5.97. The summed E-state index contributed by atoms with van der Waals surface area (Å²) in [5.41, 5.74) is 2.34. The van der Waals surface area contributed by atoms with Crippen molar-refractivity contribution in [1.29, 1.82) is 0 Å². The molecule has 0 aliphatic heterocycles. The Morgan fingerprint density at radius 2 is 1.57 bits per heavy atom. The third kappa shape index (κ3) is 3.27. The van der Waals surface area contributed by atoms with Gasteiger partial charge in [0.1, 0.15) is 22.8 Å². The van der Waals surface area contributed by atoms with E-state index < -0.39 is 5.63 Å². The van der Waals surface area contributed by atoms with Gasteiger partial charge >= 0.3 is 5.63 Å². The fourth-order valence-corrected chi connectivity index (χ4v) is 3.38. The molecule has 0 saturated carbocycles. The summed E-state index contributed by atoms with van der Waals surface area (Å²) in [7, 11) is 3.11. The number of hydrogen-bond donors (Lipinski definition) is 1. The lowest BCUT2D eigenvalue weighted by Crippen LogP contribution is -2.02. The zero-order valence-electron chi connectivity index (χ0n) is 16.0. The molecule has 5 nitrogen and oxygen atoms in total. The van der Waals surface area contributed by atoms with Crippen LogP contribution in [0.3, 0.4) is 0 Å². The molecule has 28 heavy (non-hydrogen) atoms. The monoisotopic (exact) mass is 378 g/mol. The summed E-state index contributed by atoms with van der Waals surface area (Å²) in [5.74, 6) is 1.22. The minimum absolute atomic E-state index is 0.0484. The Bertz CT molecular complexity index is 1110. The molecular formula is C23H22O5. The van der Waals surface area contributed by atoms with Gasteiger partial charge in [-0.25, -0.2) is 4.79 Å². The van der Waals surface area contributed by atoms with Crippen molar-refractivity contribution in [2.45, 2.75) is 12.8 Å². The van der Waals surface area contributed by atoms with Crippen molar-refractivity contribution >= 4 is 11.0 Å². The summed E-state index contributed by atoms with van der Waals surface area (Å²) in [6.07, 6.45) is 4.31. The Morgan fingerprint density at radius 3 is 2.21 bits per heavy atom. The minimum Gasteiger partial charge on any atom is -0.507 e. The number of hydrogen-bond acceptors (Lipinski definition) is 5. The van der Waals surface area contributed by atoms with Crippen molar-refractivity contribution in [3.63, 3.8) is 0 Å². The molecule has 0 atom stereocenters. The van der Waals surface area contributed by atoms with E-state index in [0.717, 1.165) is 5.56 Å². The third-order valence-electron chi connectivity index (χ3n) is 4.64. The number of benzene rings is 2. The summed E-state index contributed by atoms with van der Waals surface area (Å²) >= 11 is 0. The fourth-order valence-electron chi connectivity index (χ4n) is 3.38. The molecule has 0 unspecified atom stereocenters. The Balaban J connectivity index is 2.37. The first-order chi connectivity index (χ1) is 13.5. The van der Waals surface area contributed by atoms with E-state index in [4.69, 9.17) is 13.9 Å². The highest BCUT2D eigenvalue weighted by atomic mass is 16.5. The molecule has 0 spiro atoms. The first kappa shape index (κ1) is 19.3. The second-order valence-corrected chi connectivity index (χ2v) is 6.23. The molecule has 3 rings (SSSR count). The zero-order valence-corrected chi connectivity index (χ0v) is 16.0. The molecule has 1 aromatic heterocycles. The van der Waals surface area contributed by atoms with Crippen LogP contribution >= 0.6 is 0 Å². The number of phenols is 1. The number of fused-ring (bicyclic) bond motifs is 1. The lowest BCUT2D eigenvalue weighted by Gasteiger charge is -2.15. The lowest BCUT2D eigenvalue weighted by atomic mass is 9.95. The largest absolute Gasteiger partial charge is 0.507 e. The van der Waals surface area contributed by atoms with E-state index in [1.807, 2.05) is 12.1 Å². The smallest absolute Gasteiger partial charge is 0.336 e. The minimum atomic E-state index is -0.512. The van der Waals surface area contributed by atoms with Gasteiger partial charge in [0.25, 0.3) is 0 Å². The first-order valence-corrected chi connectivity index (χ1v) is 8.80. The lowest BCUT2D eigenvalue weighted by molar-refractivity contribution is 0.402.